The van der Waals surface area contributed by atoms with Crippen LogP contribution in [0.1, 0.15) is 17.2 Å². The van der Waals surface area contributed by atoms with Crippen LogP contribution in [-0.2, 0) is 4.79 Å². The lowest BCUT2D eigenvalue weighted by Gasteiger charge is -2.10. The number of fused-ring (bicyclic) bond motifs is 2. The van der Waals surface area contributed by atoms with Gasteiger partial charge in [0.15, 0.2) is 0 Å². The number of carbonyl (C=O) groups is 1. The molecule has 4 aromatic rings. The van der Waals surface area contributed by atoms with Crippen LogP contribution in [0.2, 0.25) is 0 Å². The van der Waals surface area contributed by atoms with Crippen molar-refractivity contribution in [1.29, 1.82) is 0 Å². The van der Waals surface area contributed by atoms with E-state index in [0.717, 1.165) is 39.0 Å². The average Bonchev–Trinajstić information content (AvgIpc) is 3.28. The zero-order valence-corrected chi connectivity index (χ0v) is 13.3. The number of furan rings is 1. The smallest absolute Gasteiger partial charge is 0.238 e. The number of pyridine rings is 1. The summed E-state index contributed by atoms with van der Waals surface area (Å²) in [6.45, 7) is 0. The van der Waals surface area contributed by atoms with Gasteiger partial charge in [-0.05, 0) is 41.5 Å². The van der Waals surface area contributed by atoms with E-state index in [0.29, 0.717) is 0 Å². The van der Waals surface area contributed by atoms with E-state index in [1.807, 2.05) is 60.7 Å². The van der Waals surface area contributed by atoms with Gasteiger partial charge in [0.2, 0.25) is 5.91 Å². The fourth-order valence-corrected chi connectivity index (χ4v) is 3.41. The Bertz CT molecular complexity index is 1100. The molecule has 1 N–H and O–H groups in total. The molecule has 0 aliphatic carbocycles. The second kappa shape index (κ2) is 5.31. The van der Waals surface area contributed by atoms with Crippen LogP contribution in [0.3, 0.4) is 0 Å². The maximum absolute atomic E-state index is 12.6. The molecule has 2 aromatic heterocycles. The van der Waals surface area contributed by atoms with E-state index < -0.39 is 5.92 Å². The SMILES string of the molecule is O=C1Nc2ccc(-c3ccoc3)cc2C1c1ccc2ccccc2n1. The van der Waals surface area contributed by atoms with Gasteiger partial charge in [0.05, 0.1) is 23.7 Å². The van der Waals surface area contributed by atoms with Crippen LogP contribution in [0.25, 0.3) is 22.0 Å². The first-order valence-corrected chi connectivity index (χ1v) is 8.13. The summed E-state index contributed by atoms with van der Waals surface area (Å²) in [5, 5.41) is 4.03. The molecule has 4 nitrogen and oxygen atoms in total. The van der Waals surface area contributed by atoms with Gasteiger partial charge in [-0.3, -0.25) is 9.78 Å². The van der Waals surface area contributed by atoms with Crippen molar-refractivity contribution in [1.82, 2.24) is 4.98 Å². The maximum atomic E-state index is 12.6. The highest BCUT2D eigenvalue weighted by Crippen LogP contribution is 2.39. The molecule has 1 amide bonds. The van der Waals surface area contributed by atoms with E-state index in [4.69, 9.17) is 9.40 Å². The Morgan fingerprint density at radius 3 is 2.76 bits per heavy atom. The minimum atomic E-state index is -0.397. The fraction of sp³-hybridized carbons (Fsp3) is 0.0476. The molecule has 0 fully saturated rings. The van der Waals surface area contributed by atoms with E-state index in [2.05, 4.69) is 5.32 Å². The molecular formula is C21H14N2O2. The highest BCUT2D eigenvalue weighted by atomic mass is 16.3. The first-order valence-electron chi connectivity index (χ1n) is 8.13. The molecule has 2 aromatic carbocycles. The van der Waals surface area contributed by atoms with Crippen molar-refractivity contribution in [2.45, 2.75) is 5.92 Å². The first kappa shape index (κ1) is 14.0. The van der Waals surface area contributed by atoms with Gasteiger partial charge < -0.3 is 9.73 Å². The Kier molecular flexibility index (Phi) is 2.97. The van der Waals surface area contributed by atoms with Gasteiger partial charge in [-0.1, -0.05) is 30.3 Å². The predicted octanol–water partition coefficient (Wildman–Crippen LogP) is 4.58. The van der Waals surface area contributed by atoms with Crippen molar-refractivity contribution in [2.24, 2.45) is 0 Å². The van der Waals surface area contributed by atoms with Gasteiger partial charge in [0.25, 0.3) is 0 Å². The van der Waals surface area contributed by atoms with Crippen LogP contribution < -0.4 is 5.32 Å². The molecular weight excluding hydrogens is 312 g/mol. The number of anilines is 1. The molecule has 0 saturated carbocycles. The normalized spacial score (nSPS) is 16.0. The summed E-state index contributed by atoms with van der Waals surface area (Å²) in [5.74, 6) is -0.436. The molecule has 0 radical (unpaired) electrons. The standard InChI is InChI=1S/C21H14N2O2/c24-21-20(19-8-5-13-3-1-2-4-17(13)22-19)16-11-14(6-7-18(16)23-21)15-9-10-25-12-15/h1-12,20H,(H,23,24). The summed E-state index contributed by atoms with van der Waals surface area (Å²) < 4.78 is 5.17. The van der Waals surface area contributed by atoms with Crippen LogP contribution in [-0.4, -0.2) is 10.9 Å². The molecule has 1 aliphatic rings. The monoisotopic (exact) mass is 326 g/mol. The highest BCUT2D eigenvalue weighted by Gasteiger charge is 2.33. The molecule has 5 rings (SSSR count). The van der Waals surface area contributed by atoms with Gasteiger partial charge in [-0.2, -0.15) is 0 Å². The molecule has 25 heavy (non-hydrogen) atoms. The molecule has 0 bridgehead atoms. The summed E-state index contributed by atoms with van der Waals surface area (Å²) >= 11 is 0. The van der Waals surface area contributed by atoms with Crippen molar-refractivity contribution in [3.8, 4) is 11.1 Å². The number of hydrogen-bond acceptors (Lipinski definition) is 3. The number of nitrogens with zero attached hydrogens (tertiary/aromatic N) is 1. The number of nitrogens with one attached hydrogen (secondary N) is 1. The van der Waals surface area contributed by atoms with Crippen LogP contribution in [0.15, 0.2) is 77.6 Å². The largest absolute Gasteiger partial charge is 0.472 e. The van der Waals surface area contributed by atoms with Crippen LogP contribution in [0.4, 0.5) is 5.69 Å². The van der Waals surface area contributed by atoms with Crippen LogP contribution in [0, 0.1) is 0 Å². The second-order valence-electron chi connectivity index (χ2n) is 6.17. The van der Waals surface area contributed by atoms with Crippen LogP contribution in [0.5, 0.6) is 0 Å². The van der Waals surface area contributed by atoms with E-state index >= 15 is 0 Å². The highest BCUT2D eigenvalue weighted by molar-refractivity contribution is 6.05. The summed E-state index contributed by atoms with van der Waals surface area (Å²) in [7, 11) is 0. The van der Waals surface area contributed by atoms with Gasteiger partial charge in [0.1, 0.15) is 5.92 Å². The minimum Gasteiger partial charge on any atom is -0.472 e. The Labute approximate surface area is 144 Å². The average molecular weight is 326 g/mol. The zero-order chi connectivity index (χ0) is 16.8. The third kappa shape index (κ3) is 2.22. The van der Waals surface area contributed by atoms with E-state index in [1.54, 1.807) is 12.5 Å². The Morgan fingerprint density at radius 1 is 0.960 bits per heavy atom. The number of carbonyl (C=O) groups excluding carboxylic acids is 1. The molecule has 1 atom stereocenters. The van der Waals surface area contributed by atoms with Crippen molar-refractivity contribution in [2.75, 3.05) is 5.32 Å². The molecule has 0 spiro atoms. The second-order valence-corrected chi connectivity index (χ2v) is 6.17. The van der Waals surface area contributed by atoms with Gasteiger partial charge in [-0.15, -0.1) is 0 Å². The topological polar surface area (TPSA) is 55.1 Å². The lowest BCUT2D eigenvalue weighted by molar-refractivity contribution is -0.116. The molecule has 4 heteroatoms. The van der Waals surface area contributed by atoms with Crippen molar-refractivity contribution >= 4 is 22.5 Å². The molecule has 1 aliphatic heterocycles. The number of rotatable bonds is 2. The summed E-state index contributed by atoms with van der Waals surface area (Å²) in [4.78, 5) is 17.3. The molecule has 1 unspecified atom stereocenters. The summed E-state index contributed by atoms with van der Waals surface area (Å²) in [6.07, 6.45) is 3.35. The number of para-hydroxylation sites is 1. The van der Waals surface area contributed by atoms with Crippen molar-refractivity contribution in [3.05, 3.63) is 84.4 Å². The first-order chi connectivity index (χ1) is 12.3. The Hall–Kier alpha value is -3.40. The van der Waals surface area contributed by atoms with Crippen molar-refractivity contribution < 1.29 is 9.21 Å². The summed E-state index contributed by atoms with van der Waals surface area (Å²) in [5.41, 5.74) is 5.47. The van der Waals surface area contributed by atoms with Gasteiger partial charge in [0, 0.05) is 16.6 Å². The third-order valence-electron chi connectivity index (χ3n) is 4.65. The van der Waals surface area contributed by atoms with Gasteiger partial charge in [-0.25, -0.2) is 0 Å². The van der Waals surface area contributed by atoms with Gasteiger partial charge >= 0.3 is 0 Å². The van der Waals surface area contributed by atoms with Crippen molar-refractivity contribution in [3.63, 3.8) is 0 Å². The minimum absolute atomic E-state index is 0.0397. The Balaban J connectivity index is 1.65. The van der Waals surface area contributed by atoms with E-state index in [9.17, 15) is 4.79 Å². The molecule has 120 valence electrons. The molecule has 0 saturated heterocycles. The number of amides is 1. The zero-order valence-electron chi connectivity index (χ0n) is 13.3. The maximum Gasteiger partial charge on any atom is 0.238 e. The molecule has 3 heterocycles. The number of aromatic nitrogens is 1. The fourth-order valence-electron chi connectivity index (χ4n) is 3.41. The summed E-state index contributed by atoms with van der Waals surface area (Å²) in [6, 6.07) is 19.8. The third-order valence-corrected chi connectivity index (χ3v) is 4.65. The van der Waals surface area contributed by atoms with E-state index in [-0.39, 0.29) is 5.91 Å². The van der Waals surface area contributed by atoms with Crippen LogP contribution >= 0.6 is 0 Å². The number of benzene rings is 2. The number of hydrogen-bond donors (Lipinski definition) is 1. The van der Waals surface area contributed by atoms with E-state index in [1.165, 1.54) is 0 Å². The lowest BCUT2D eigenvalue weighted by atomic mass is 9.93. The Morgan fingerprint density at radius 2 is 1.88 bits per heavy atom. The predicted molar refractivity (Wildman–Crippen MR) is 96.4 cm³/mol. The quantitative estimate of drug-likeness (QED) is 0.586. The lowest BCUT2D eigenvalue weighted by Crippen LogP contribution is -2.14.